The molecule has 0 aliphatic carbocycles. The van der Waals surface area contributed by atoms with E-state index in [1.54, 1.807) is 42.3 Å². The fourth-order valence-electron chi connectivity index (χ4n) is 3.03. The number of hydrogen-bond acceptors (Lipinski definition) is 3. The molecular formula is C23H19N3O2. The molecule has 0 saturated heterocycles. The second-order valence-electron chi connectivity index (χ2n) is 6.20. The van der Waals surface area contributed by atoms with E-state index in [0.29, 0.717) is 11.3 Å². The monoisotopic (exact) mass is 369 g/mol. The quantitative estimate of drug-likeness (QED) is 0.550. The van der Waals surface area contributed by atoms with Gasteiger partial charge >= 0.3 is 0 Å². The summed E-state index contributed by atoms with van der Waals surface area (Å²) in [6, 6.07) is 26.8. The van der Waals surface area contributed by atoms with Gasteiger partial charge in [0.1, 0.15) is 5.75 Å². The number of benzene rings is 3. The van der Waals surface area contributed by atoms with Crippen LogP contribution in [0.1, 0.15) is 10.4 Å². The maximum atomic E-state index is 13.0. The first-order chi connectivity index (χ1) is 13.8. The third-order valence-corrected chi connectivity index (χ3v) is 4.41. The number of carbonyl (C=O) groups excluding carboxylic acids is 1. The Morgan fingerprint density at radius 1 is 0.893 bits per heavy atom. The molecule has 3 aromatic carbocycles. The highest BCUT2D eigenvalue weighted by molar-refractivity contribution is 6.08. The maximum Gasteiger partial charge on any atom is 0.259 e. The van der Waals surface area contributed by atoms with Crippen molar-refractivity contribution in [3.05, 3.63) is 96.7 Å². The van der Waals surface area contributed by atoms with Gasteiger partial charge in [0.25, 0.3) is 5.91 Å². The topological polar surface area (TPSA) is 56.1 Å². The van der Waals surface area contributed by atoms with E-state index in [9.17, 15) is 4.79 Å². The summed E-state index contributed by atoms with van der Waals surface area (Å²) in [4.78, 5) is 13.0. The normalized spacial score (nSPS) is 10.5. The zero-order chi connectivity index (χ0) is 19.3. The van der Waals surface area contributed by atoms with Crippen LogP contribution in [0.15, 0.2) is 91.1 Å². The standard InChI is InChI=1S/C23H19N3O2/c1-28-20-14-12-18(13-15-20)25-23(27)21-16-24-26(19-10-6-3-7-11-19)22(21)17-8-4-2-5-9-17/h2-16H,1H3,(H,25,27). The number of nitrogens with one attached hydrogen (secondary N) is 1. The number of carbonyl (C=O) groups is 1. The smallest absolute Gasteiger partial charge is 0.259 e. The van der Waals surface area contributed by atoms with E-state index in [0.717, 1.165) is 22.7 Å². The van der Waals surface area contributed by atoms with E-state index in [1.165, 1.54) is 0 Å². The Labute approximate surface area is 163 Å². The number of anilines is 1. The largest absolute Gasteiger partial charge is 0.497 e. The van der Waals surface area contributed by atoms with E-state index < -0.39 is 0 Å². The van der Waals surface area contributed by atoms with Gasteiger partial charge in [0.05, 0.1) is 30.3 Å². The van der Waals surface area contributed by atoms with Gasteiger partial charge in [0.2, 0.25) is 0 Å². The van der Waals surface area contributed by atoms with Crippen LogP contribution < -0.4 is 10.1 Å². The lowest BCUT2D eigenvalue weighted by molar-refractivity contribution is 0.102. The average molecular weight is 369 g/mol. The molecule has 5 heteroatoms. The lowest BCUT2D eigenvalue weighted by Gasteiger charge is -2.11. The summed E-state index contributed by atoms with van der Waals surface area (Å²) in [6.45, 7) is 0. The first kappa shape index (κ1) is 17.5. The summed E-state index contributed by atoms with van der Waals surface area (Å²) >= 11 is 0. The van der Waals surface area contributed by atoms with E-state index in [-0.39, 0.29) is 5.91 Å². The molecule has 0 saturated carbocycles. The van der Waals surface area contributed by atoms with Gasteiger partial charge in [-0.15, -0.1) is 0 Å². The van der Waals surface area contributed by atoms with Gasteiger partial charge < -0.3 is 10.1 Å². The van der Waals surface area contributed by atoms with Gasteiger partial charge in [-0.2, -0.15) is 5.10 Å². The molecule has 138 valence electrons. The molecule has 0 bridgehead atoms. The molecule has 0 fully saturated rings. The highest BCUT2D eigenvalue weighted by atomic mass is 16.5. The summed E-state index contributed by atoms with van der Waals surface area (Å²) in [6.07, 6.45) is 1.61. The molecule has 0 radical (unpaired) electrons. The molecule has 0 unspecified atom stereocenters. The average Bonchev–Trinajstić information content (AvgIpc) is 3.21. The second-order valence-corrected chi connectivity index (χ2v) is 6.20. The molecule has 4 aromatic rings. The summed E-state index contributed by atoms with van der Waals surface area (Å²) in [5, 5.41) is 7.43. The SMILES string of the molecule is COc1ccc(NC(=O)c2cnn(-c3ccccc3)c2-c2ccccc2)cc1. The highest BCUT2D eigenvalue weighted by Gasteiger charge is 2.20. The molecule has 1 heterocycles. The van der Waals surface area contributed by atoms with Crippen LogP contribution >= 0.6 is 0 Å². The Balaban J connectivity index is 1.74. The van der Waals surface area contributed by atoms with E-state index in [1.807, 2.05) is 60.7 Å². The first-order valence-electron chi connectivity index (χ1n) is 8.90. The Morgan fingerprint density at radius 3 is 2.18 bits per heavy atom. The van der Waals surface area contributed by atoms with Gasteiger partial charge in [-0.1, -0.05) is 48.5 Å². The van der Waals surface area contributed by atoms with Crippen molar-refractivity contribution < 1.29 is 9.53 Å². The highest BCUT2D eigenvalue weighted by Crippen LogP contribution is 2.27. The summed E-state index contributed by atoms with van der Waals surface area (Å²) in [5.41, 5.74) is 3.76. The summed E-state index contributed by atoms with van der Waals surface area (Å²) < 4.78 is 6.95. The van der Waals surface area contributed by atoms with Crippen molar-refractivity contribution >= 4 is 11.6 Å². The zero-order valence-corrected chi connectivity index (χ0v) is 15.4. The second kappa shape index (κ2) is 7.80. The lowest BCUT2D eigenvalue weighted by atomic mass is 10.1. The number of methoxy groups -OCH3 is 1. The molecule has 0 aliphatic rings. The number of hydrogen-bond donors (Lipinski definition) is 1. The minimum Gasteiger partial charge on any atom is -0.497 e. The summed E-state index contributed by atoms with van der Waals surface area (Å²) in [5.74, 6) is 0.520. The van der Waals surface area contributed by atoms with Gasteiger partial charge in [0.15, 0.2) is 0 Å². The number of rotatable bonds is 5. The third-order valence-electron chi connectivity index (χ3n) is 4.41. The van der Waals surface area contributed by atoms with E-state index >= 15 is 0 Å². The number of ether oxygens (including phenoxy) is 1. The Hall–Kier alpha value is -3.86. The third kappa shape index (κ3) is 3.50. The molecule has 0 atom stereocenters. The van der Waals surface area contributed by atoms with Crippen LogP contribution in [0.3, 0.4) is 0 Å². The predicted molar refractivity (Wildman–Crippen MR) is 110 cm³/mol. The molecule has 1 N–H and O–H groups in total. The van der Waals surface area contributed by atoms with Crippen LogP contribution in [0.5, 0.6) is 5.75 Å². The van der Waals surface area contributed by atoms with Crippen molar-refractivity contribution in [2.24, 2.45) is 0 Å². The molecule has 0 spiro atoms. The van der Waals surface area contributed by atoms with Crippen molar-refractivity contribution in [3.63, 3.8) is 0 Å². The van der Waals surface area contributed by atoms with Gasteiger partial charge in [-0.05, 0) is 36.4 Å². The van der Waals surface area contributed by atoms with Crippen LogP contribution in [0.2, 0.25) is 0 Å². The maximum absolute atomic E-state index is 13.0. The van der Waals surface area contributed by atoms with Gasteiger partial charge in [0, 0.05) is 11.3 Å². The van der Waals surface area contributed by atoms with Crippen LogP contribution in [0.4, 0.5) is 5.69 Å². The first-order valence-corrected chi connectivity index (χ1v) is 8.90. The van der Waals surface area contributed by atoms with Crippen molar-refractivity contribution in [1.82, 2.24) is 9.78 Å². The summed E-state index contributed by atoms with van der Waals surface area (Å²) in [7, 11) is 1.61. The van der Waals surface area contributed by atoms with Crippen molar-refractivity contribution in [2.75, 3.05) is 12.4 Å². The molecule has 28 heavy (non-hydrogen) atoms. The molecule has 4 rings (SSSR count). The predicted octanol–water partition coefficient (Wildman–Crippen LogP) is 4.80. The minimum atomic E-state index is -0.216. The van der Waals surface area contributed by atoms with E-state index in [2.05, 4.69) is 10.4 Å². The number of nitrogens with zero attached hydrogens (tertiary/aromatic N) is 2. The molecular weight excluding hydrogens is 350 g/mol. The van der Waals surface area contributed by atoms with Crippen LogP contribution in [0.25, 0.3) is 16.9 Å². The molecule has 1 aromatic heterocycles. The number of aromatic nitrogens is 2. The van der Waals surface area contributed by atoms with Crippen LogP contribution in [0, 0.1) is 0 Å². The van der Waals surface area contributed by atoms with Crippen molar-refractivity contribution in [2.45, 2.75) is 0 Å². The Morgan fingerprint density at radius 2 is 1.54 bits per heavy atom. The van der Waals surface area contributed by atoms with Crippen molar-refractivity contribution in [3.8, 4) is 22.7 Å². The number of para-hydroxylation sites is 1. The van der Waals surface area contributed by atoms with Gasteiger partial charge in [-0.25, -0.2) is 4.68 Å². The van der Waals surface area contributed by atoms with Gasteiger partial charge in [-0.3, -0.25) is 4.79 Å². The van der Waals surface area contributed by atoms with E-state index in [4.69, 9.17) is 4.74 Å². The number of amides is 1. The Kier molecular flexibility index (Phi) is 4.89. The Bertz CT molecular complexity index is 1070. The minimum absolute atomic E-state index is 0.216. The van der Waals surface area contributed by atoms with Crippen molar-refractivity contribution in [1.29, 1.82) is 0 Å². The molecule has 5 nitrogen and oxygen atoms in total. The lowest BCUT2D eigenvalue weighted by Crippen LogP contribution is -2.13. The van der Waals surface area contributed by atoms with Crippen LogP contribution in [-0.4, -0.2) is 22.8 Å². The fraction of sp³-hybridized carbons (Fsp3) is 0.0435. The molecule has 1 amide bonds. The van der Waals surface area contributed by atoms with Crippen LogP contribution in [-0.2, 0) is 0 Å². The fourth-order valence-corrected chi connectivity index (χ4v) is 3.03. The zero-order valence-electron chi connectivity index (χ0n) is 15.4. The molecule has 0 aliphatic heterocycles.